The number of carbonyl (C=O) groups is 2. The molecule has 0 saturated heterocycles. The van der Waals surface area contributed by atoms with E-state index >= 15 is 0 Å². The molecule has 1 aliphatic heterocycles. The number of benzene rings is 1. The van der Waals surface area contributed by atoms with Crippen molar-refractivity contribution in [1.82, 2.24) is 0 Å². The number of Topliss-reactive ketones (excluding diaryl/α,β-unsaturated/α-hetero) is 1. The van der Waals surface area contributed by atoms with E-state index in [9.17, 15) is 14.0 Å². The van der Waals surface area contributed by atoms with Crippen molar-refractivity contribution < 1.29 is 23.5 Å². The van der Waals surface area contributed by atoms with Crippen molar-refractivity contribution in [1.29, 1.82) is 0 Å². The summed E-state index contributed by atoms with van der Waals surface area (Å²) in [5, 5.41) is 0. The molecular formula is C19H21FO4. The van der Waals surface area contributed by atoms with Gasteiger partial charge in [0.15, 0.2) is 5.78 Å². The highest BCUT2D eigenvalue weighted by Gasteiger charge is 2.45. The van der Waals surface area contributed by atoms with Gasteiger partial charge in [-0.15, -0.1) is 0 Å². The molecular weight excluding hydrogens is 311 g/mol. The summed E-state index contributed by atoms with van der Waals surface area (Å²) in [4.78, 5) is 24.2. The molecule has 1 aromatic carbocycles. The third-order valence-corrected chi connectivity index (χ3v) is 4.96. The average Bonchev–Trinajstić information content (AvgIpc) is 2.55. The van der Waals surface area contributed by atoms with E-state index in [0.29, 0.717) is 24.0 Å². The SMILES string of the molecule is CCC1CC2C(=O)C(c3ccc(F)cc3)=COC2CC1OC(C)=O. The van der Waals surface area contributed by atoms with Crippen LogP contribution in [0.5, 0.6) is 0 Å². The predicted octanol–water partition coefficient (Wildman–Crippen LogP) is 3.50. The number of rotatable bonds is 3. The van der Waals surface area contributed by atoms with Crippen molar-refractivity contribution in [2.45, 2.75) is 45.3 Å². The first-order valence-electron chi connectivity index (χ1n) is 8.32. The number of halogens is 1. The lowest BCUT2D eigenvalue weighted by Crippen LogP contribution is -2.46. The van der Waals surface area contributed by atoms with Crippen LogP contribution in [-0.4, -0.2) is 24.0 Å². The lowest BCUT2D eigenvalue weighted by Gasteiger charge is -2.41. The fourth-order valence-electron chi connectivity index (χ4n) is 3.68. The third kappa shape index (κ3) is 3.21. The Morgan fingerprint density at radius 3 is 2.62 bits per heavy atom. The first-order valence-corrected chi connectivity index (χ1v) is 8.32. The van der Waals surface area contributed by atoms with E-state index in [-0.39, 0.29) is 41.6 Å². The first-order chi connectivity index (χ1) is 11.5. The minimum atomic E-state index is -0.339. The highest BCUT2D eigenvalue weighted by molar-refractivity contribution is 6.22. The summed E-state index contributed by atoms with van der Waals surface area (Å²) in [7, 11) is 0. The molecule has 1 aliphatic carbocycles. The van der Waals surface area contributed by atoms with Crippen LogP contribution in [-0.2, 0) is 19.1 Å². The molecule has 0 aromatic heterocycles. The minimum absolute atomic E-state index is 0.0255. The molecule has 4 nitrogen and oxygen atoms in total. The molecule has 4 atom stereocenters. The second-order valence-corrected chi connectivity index (χ2v) is 6.47. The zero-order valence-corrected chi connectivity index (χ0v) is 13.8. The van der Waals surface area contributed by atoms with Gasteiger partial charge < -0.3 is 9.47 Å². The summed E-state index contributed by atoms with van der Waals surface area (Å²) >= 11 is 0. The van der Waals surface area contributed by atoms with Crippen LogP contribution in [0.15, 0.2) is 30.5 Å². The number of esters is 1. The van der Waals surface area contributed by atoms with E-state index in [1.54, 1.807) is 12.1 Å². The fraction of sp³-hybridized carbons (Fsp3) is 0.474. The molecule has 1 heterocycles. The summed E-state index contributed by atoms with van der Waals surface area (Å²) in [5.41, 5.74) is 1.15. The van der Waals surface area contributed by atoms with E-state index < -0.39 is 0 Å². The molecule has 2 aliphatic rings. The molecule has 128 valence electrons. The lowest BCUT2D eigenvalue weighted by atomic mass is 9.72. The van der Waals surface area contributed by atoms with Crippen LogP contribution in [0.3, 0.4) is 0 Å². The van der Waals surface area contributed by atoms with Gasteiger partial charge in [-0.05, 0) is 36.5 Å². The molecule has 1 fully saturated rings. The van der Waals surface area contributed by atoms with Crippen molar-refractivity contribution in [2.75, 3.05) is 0 Å². The Morgan fingerprint density at radius 2 is 2.00 bits per heavy atom. The Kier molecular flexibility index (Phi) is 4.69. The summed E-state index contributed by atoms with van der Waals surface area (Å²) in [6.07, 6.45) is 2.99. The van der Waals surface area contributed by atoms with Gasteiger partial charge in [-0.1, -0.05) is 19.1 Å². The molecule has 0 bridgehead atoms. The maximum absolute atomic E-state index is 13.1. The van der Waals surface area contributed by atoms with E-state index in [1.165, 1.54) is 25.3 Å². The van der Waals surface area contributed by atoms with Gasteiger partial charge in [0.2, 0.25) is 0 Å². The van der Waals surface area contributed by atoms with Gasteiger partial charge in [0.05, 0.1) is 17.8 Å². The first kappa shape index (κ1) is 16.7. The second-order valence-electron chi connectivity index (χ2n) is 6.47. The number of ether oxygens (including phenoxy) is 2. The molecule has 0 N–H and O–H groups in total. The third-order valence-electron chi connectivity index (χ3n) is 4.96. The van der Waals surface area contributed by atoms with Crippen LogP contribution in [0.2, 0.25) is 0 Å². The standard InChI is InChI=1S/C19H21FO4/c1-3-12-8-15-18(9-17(12)24-11(2)21)23-10-16(19(15)22)13-4-6-14(20)7-5-13/h4-7,10,12,15,17-18H,3,8-9H2,1-2H3. The number of hydrogen-bond donors (Lipinski definition) is 0. The summed E-state index contributed by atoms with van der Waals surface area (Å²) in [6.45, 7) is 3.44. The lowest BCUT2D eigenvalue weighted by molar-refractivity contribution is -0.157. The zero-order valence-electron chi connectivity index (χ0n) is 13.8. The monoisotopic (exact) mass is 332 g/mol. The predicted molar refractivity (Wildman–Crippen MR) is 86.3 cm³/mol. The number of allylic oxidation sites excluding steroid dienone is 1. The van der Waals surface area contributed by atoms with Gasteiger partial charge in [0, 0.05) is 13.3 Å². The highest BCUT2D eigenvalue weighted by atomic mass is 19.1. The molecule has 1 aromatic rings. The Hall–Kier alpha value is -2.17. The van der Waals surface area contributed by atoms with E-state index in [0.717, 1.165) is 6.42 Å². The number of fused-ring (bicyclic) bond motifs is 1. The summed E-state index contributed by atoms with van der Waals surface area (Å²) < 4.78 is 24.3. The van der Waals surface area contributed by atoms with Crippen LogP contribution in [0.4, 0.5) is 4.39 Å². The maximum atomic E-state index is 13.1. The van der Waals surface area contributed by atoms with Gasteiger partial charge in [-0.2, -0.15) is 0 Å². The number of hydrogen-bond acceptors (Lipinski definition) is 4. The Labute approximate surface area is 140 Å². The van der Waals surface area contributed by atoms with Gasteiger partial charge >= 0.3 is 5.97 Å². The van der Waals surface area contributed by atoms with Gasteiger partial charge in [0.1, 0.15) is 18.0 Å². The smallest absolute Gasteiger partial charge is 0.302 e. The van der Waals surface area contributed by atoms with Crippen molar-refractivity contribution in [2.24, 2.45) is 11.8 Å². The van der Waals surface area contributed by atoms with Gasteiger partial charge in [-0.25, -0.2) is 4.39 Å². The molecule has 5 heteroatoms. The highest BCUT2D eigenvalue weighted by Crippen LogP contribution is 2.40. The quantitative estimate of drug-likeness (QED) is 0.795. The van der Waals surface area contributed by atoms with Crippen LogP contribution in [0.1, 0.15) is 38.7 Å². The molecule has 0 amide bonds. The van der Waals surface area contributed by atoms with Crippen LogP contribution < -0.4 is 0 Å². The largest absolute Gasteiger partial charge is 0.496 e. The molecule has 0 radical (unpaired) electrons. The Morgan fingerprint density at radius 1 is 1.29 bits per heavy atom. The minimum Gasteiger partial charge on any atom is -0.496 e. The zero-order chi connectivity index (χ0) is 17.3. The summed E-state index contributed by atoms with van der Waals surface area (Å²) in [5.74, 6) is -0.712. The molecule has 24 heavy (non-hydrogen) atoms. The Balaban J connectivity index is 1.82. The fourth-order valence-corrected chi connectivity index (χ4v) is 3.68. The molecule has 0 spiro atoms. The molecule has 1 saturated carbocycles. The normalized spacial score (nSPS) is 29.3. The maximum Gasteiger partial charge on any atom is 0.302 e. The number of carbonyl (C=O) groups excluding carboxylic acids is 2. The van der Waals surface area contributed by atoms with Crippen LogP contribution in [0.25, 0.3) is 5.57 Å². The van der Waals surface area contributed by atoms with Crippen LogP contribution in [0, 0.1) is 17.7 Å². The van der Waals surface area contributed by atoms with Gasteiger partial charge in [0.25, 0.3) is 0 Å². The Bertz CT molecular complexity index is 664. The molecule has 3 rings (SSSR count). The summed E-state index contributed by atoms with van der Waals surface area (Å²) in [6, 6.07) is 5.85. The van der Waals surface area contributed by atoms with Gasteiger partial charge in [-0.3, -0.25) is 9.59 Å². The van der Waals surface area contributed by atoms with Crippen molar-refractivity contribution in [3.05, 3.63) is 41.9 Å². The van der Waals surface area contributed by atoms with Crippen molar-refractivity contribution in [3.8, 4) is 0 Å². The molecule has 4 unspecified atom stereocenters. The van der Waals surface area contributed by atoms with Crippen molar-refractivity contribution in [3.63, 3.8) is 0 Å². The van der Waals surface area contributed by atoms with E-state index in [4.69, 9.17) is 9.47 Å². The van der Waals surface area contributed by atoms with E-state index in [1.807, 2.05) is 6.92 Å². The number of ketones is 1. The van der Waals surface area contributed by atoms with Crippen LogP contribution >= 0.6 is 0 Å². The topological polar surface area (TPSA) is 52.6 Å². The van der Waals surface area contributed by atoms with E-state index in [2.05, 4.69) is 0 Å². The average molecular weight is 332 g/mol. The second kappa shape index (κ2) is 6.75. The van der Waals surface area contributed by atoms with Crippen molar-refractivity contribution >= 4 is 17.3 Å².